The van der Waals surface area contributed by atoms with Gasteiger partial charge in [0.05, 0.1) is 13.0 Å². The van der Waals surface area contributed by atoms with Crippen LogP contribution in [0, 0.1) is 6.92 Å². The third-order valence-corrected chi connectivity index (χ3v) is 3.78. The summed E-state index contributed by atoms with van der Waals surface area (Å²) in [4.78, 5) is 23.5. The van der Waals surface area contributed by atoms with Crippen molar-refractivity contribution >= 4 is 11.8 Å². The first-order chi connectivity index (χ1) is 9.65. The van der Waals surface area contributed by atoms with E-state index >= 15 is 0 Å². The zero-order chi connectivity index (χ0) is 14.4. The Bertz CT molecular complexity index is 479. The van der Waals surface area contributed by atoms with Crippen LogP contribution in [0.5, 0.6) is 0 Å². The molecule has 108 valence electrons. The van der Waals surface area contributed by atoms with Crippen LogP contribution in [0.25, 0.3) is 0 Å². The highest BCUT2D eigenvalue weighted by Crippen LogP contribution is 2.17. The first-order valence-corrected chi connectivity index (χ1v) is 7.25. The van der Waals surface area contributed by atoms with Crippen LogP contribution in [0.3, 0.4) is 0 Å². The highest BCUT2D eigenvalue weighted by molar-refractivity contribution is 5.85. The Kier molecular flexibility index (Phi) is 5.16. The first-order valence-electron chi connectivity index (χ1n) is 7.25. The number of aryl methyl sites for hydroxylation is 1. The highest BCUT2D eigenvalue weighted by atomic mass is 16.2. The molecule has 0 radical (unpaired) electrons. The summed E-state index contributed by atoms with van der Waals surface area (Å²) in [5, 5.41) is 5.64. The van der Waals surface area contributed by atoms with Crippen LogP contribution in [0.2, 0.25) is 0 Å². The number of carbonyl (C=O) groups is 2. The Balaban J connectivity index is 1.72. The molecule has 0 aromatic heterocycles. The molecule has 1 fully saturated rings. The predicted octanol–water partition coefficient (Wildman–Crippen LogP) is 1.71. The van der Waals surface area contributed by atoms with Crippen LogP contribution in [-0.2, 0) is 16.0 Å². The van der Waals surface area contributed by atoms with E-state index in [2.05, 4.69) is 10.6 Å². The standard InChI is InChI=1S/C16H22N2O2/c1-12-6-2-3-7-13(12)10-15(19)17-11-16(20)18-14-8-4-5-9-14/h2-3,6-7,14H,4-5,8-11H2,1H3,(H,17,19)(H,18,20). The van der Waals surface area contributed by atoms with Gasteiger partial charge in [-0.05, 0) is 30.9 Å². The van der Waals surface area contributed by atoms with Gasteiger partial charge < -0.3 is 10.6 Å². The third-order valence-electron chi connectivity index (χ3n) is 3.78. The molecule has 0 aliphatic heterocycles. The van der Waals surface area contributed by atoms with E-state index in [0.717, 1.165) is 24.0 Å². The van der Waals surface area contributed by atoms with E-state index in [1.807, 2.05) is 31.2 Å². The Morgan fingerprint density at radius 3 is 2.55 bits per heavy atom. The smallest absolute Gasteiger partial charge is 0.239 e. The molecule has 1 aliphatic rings. The van der Waals surface area contributed by atoms with Crippen LogP contribution in [0.1, 0.15) is 36.8 Å². The highest BCUT2D eigenvalue weighted by Gasteiger charge is 2.17. The van der Waals surface area contributed by atoms with E-state index in [4.69, 9.17) is 0 Å². The van der Waals surface area contributed by atoms with Gasteiger partial charge >= 0.3 is 0 Å². The van der Waals surface area contributed by atoms with Gasteiger partial charge in [-0.2, -0.15) is 0 Å². The Labute approximate surface area is 119 Å². The average molecular weight is 274 g/mol. The van der Waals surface area contributed by atoms with Crippen molar-refractivity contribution in [2.45, 2.75) is 45.1 Å². The molecule has 0 bridgehead atoms. The van der Waals surface area contributed by atoms with Gasteiger partial charge in [0.25, 0.3) is 0 Å². The summed E-state index contributed by atoms with van der Waals surface area (Å²) in [5.41, 5.74) is 2.10. The van der Waals surface area contributed by atoms with Crippen molar-refractivity contribution in [3.63, 3.8) is 0 Å². The largest absolute Gasteiger partial charge is 0.352 e. The lowest BCUT2D eigenvalue weighted by Crippen LogP contribution is -2.41. The van der Waals surface area contributed by atoms with E-state index in [1.54, 1.807) is 0 Å². The monoisotopic (exact) mass is 274 g/mol. The molecule has 1 aromatic rings. The predicted molar refractivity (Wildman–Crippen MR) is 78.3 cm³/mol. The van der Waals surface area contributed by atoms with E-state index in [-0.39, 0.29) is 18.4 Å². The number of benzene rings is 1. The molecule has 4 nitrogen and oxygen atoms in total. The SMILES string of the molecule is Cc1ccccc1CC(=O)NCC(=O)NC1CCCC1. The lowest BCUT2D eigenvalue weighted by molar-refractivity contribution is -0.126. The summed E-state index contributed by atoms with van der Waals surface area (Å²) < 4.78 is 0. The fourth-order valence-corrected chi connectivity index (χ4v) is 2.57. The van der Waals surface area contributed by atoms with Gasteiger partial charge in [0, 0.05) is 6.04 Å². The van der Waals surface area contributed by atoms with Gasteiger partial charge in [0.2, 0.25) is 11.8 Å². The number of carbonyl (C=O) groups excluding carboxylic acids is 2. The molecule has 20 heavy (non-hydrogen) atoms. The minimum atomic E-state index is -0.110. The van der Waals surface area contributed by atoms with Gasteiger partial charge in [0.15, 0.2) is 0 Å². The molecule has 0 heterocycles. The number of nitrogens with one attached hydrogen (secondary N) is 2. The first kappa shape index (κ1) is 14.6. The van der Waals surface area contributed by atoms with Crippen molar-refractivity contribution in [2.24, 2.45) is 0 Å². The summed E-state index contributed by atoms with van der Waals surface area (Å²) in [7, 11) is 0. The minimum Gasteiger partial charge on any atom is -0.352 e. The molecule has 0 unspecified atom stereocenters. The van der Waals surface area contributed by atoms with E-state index in [9.17, 15) is 9.59 Å². The third kappa shape index (κ3) is 4.37. The number of hydrogen-bond acceptors (Lipinski definition) is 2. The van der Waals surface area contributed by atoms with Crippen molar-refractivity contribution in [3.8, 4) is 0 Å². The molecule has 4 heteroatoms. The maximum absolute atomic E-state index is 11.8. The van der Waals surface area contributed by atoms with E-state index in [0.29, 0.717) is 12.5 Å². The zero-order valence-corrected chi connectivity index (χ0v) is 11.9. The fraction of sp³-hybridized carbons (Fsp3) is 0.500. The summed E-state index contributed by atoms with van der Waals surface area (Å²) >= 11 is 0. The van der Waals surface area contributed by atoms with Crippen molar-refractivity contribution in [3.05, 3.63) is 35.4 Å². The molecule has 0 spiro atoms. The lowest BCUT2D eigenvalue weighted by atomic mass is 10.1. The molecule has 1 saturated carbocycles. The molecule has 1 aromatic carbocycles. The van der Waals surface area contributed by atoms with Gasteiger partial charge in [-0.1, -0.05) is 37.1 Å². The van der Waals surface area contributed by atoms with E-state index in [1.165, 1.54) is 12.8 Å². The number of amides is 2. The summed E-state index contributed by atoms with van der Waals surface area (Å²) in [6, 6.07) is 8.09. The van der Waals surface area contributed by atoms with Crippen LogP contribution >= 0.6 is 0 Å². The Morgan fingerprint density at radius 2 is 1.85 bits per heavy atom. The quantitative estimate of drug-likeness (QED) is 0.859. The molecule has 0 atom stereocenters. The summed E-state index contributed by atoms with van der Waals surface area (Å²) in [5.74, 6) is -0.198. The second-order valence-corrected chi connectivity index (χ2v) is 5.43. The molecular weight excluding hydrogens is 252 g/mol. The molecule has 2 rings (SSSR count). The lowest BCUT2D eigenvalue weighted by Gasteiger charge is -2.12. The molecule has 2 amide bonds. The van der Waals surface area contributed by atoms with Crippen molar-refractivity contribution in [2.75, 3.05) is 6.54 Å². The van der Waals surface area contributed by atoms with Crippen molar-refractivity contribution in [1.82, 2.24) is 10.6 Å². The molecular formula is C16H22N2O2. The van der Waals surface area contributed by atoms with Crippen LogP contribution < -0.4 is 10.6 Å². The van der Waals surface area contributed by atoms with Gasteiger partial charge in [0.1, 0.15) is 0 Å². The maximum atomic E-state index is 11.8. The molecule has 2 N–H and O–H groups in total. The number of rotatable bonds is 5. The van der Waals surface area contributed by atoms with Crippen LogP contribution in [-0.4, -0.2) is 24.4 Å². The Hall–Kier alpha value is -1.84. The minimum absolute atomic E-state index is 0.0706. The number of hydrogen-bond donors (Lipinski definition) is 2. The van der Waals surface area contributed by atoms with Crippen LogP contribution in [0.15, 0.2) is 24.3 Å². The Morgan fingerprint density at radius 1 is 1.15 bits per heavy atom. The summed E-state index contributed by atoms with van der Waals surface area (Å²) in [6.45, 7) is 2.05. The van der Waals surface area contributed by atoms with Crippen LogP contribution in [0.4, 0.5) is 0 Å². The van der Waals surface area contributed by atoms with Gasteiger partial charge in [-0.25, -0.2) is 0 Å². The summed E-state index contributed by atoms with van der Waals surface area (Å²) in [6.07, 6.45) is 4.81. The van der Waals surface area contributed by atoms with Crippen molar-refractivity contribution < 1.29 is 9.59 Å². The van der Waals surface area contributed by atoms with Crippen molar-refractivity contribution in [1.29, 1.82) is 0 Å². The second kappa shape index (κ2) is 7.08. The second-order valence-electron chi connectivity index (χ2n) is 5.43. The molecule has 0 saturated heterocycles. The normalized spacial score (nSPS) is 15.1. The topological polar surface area (TPSA) is 58.2 Å². The van der Waals surface area contributed by atoms with Gasteiger partial charge in [-0.3, -0.25) is 9.59 Å². The van der Waals surface area contributed by atoms with Gasteiger partial charge in [-0.15, -0.1) is 0 Å². The molecule has 1 aliphatic carbocycles. The zero-order valence-electron chi connectivity index (χ0n) is 11.9. The maximum Gasteiger partial charge on any atom is 0.239 e. The fourth-order valence-electron chi connectivity index (χ4n) is 2.57. The van der Waals surface area contributed by atoms with E-state index < -0.39 is 0 Å². The average Bonchev–Trinajstić information content (AvgIpc) is 2.92.